The lowest BCUT2D eigenvalue weighted by Gasteiger charge is -2.28. The largest absolute Gasteiger partial charge is 0.432 e. The highest BCUT2D eigenvalue weighted by molar-refractivity contribution is 5.71. The predicted octanol–water partition coefficient (Wildman–Crippen LogP) is 9.61. The zero-order valence-corrected chi connectivity index (χ0v) is 23.0. The van der Waals surface area contributed by atoms with Gasteiger partial charge in [0.15, 0.2) is 23.7 Å². The number of halogens is 8. The Morgan fingerprint density at radius 1 is 0.727 bits per heavy atom. The lowest BCUT2D eigenvalue weighted by molar-refractivity contribution is -0.198. The third-order valence-electron chi connectivity index (χ3n) is 6.89. The SMILES string of the molecule is CC/C=C/C1COC(c2cc(F)c(C(F)(F)Oc3ccc(-c4ccc(-c5cc(F)c(F)c(F)c5)c(F)c4)cc3)c(F)c2)OC1. The van der Waals surface area contributed by atoms with Gasteiger partial charge < -0.3 is 14.2 Å². The first-order chi connectivity index (χ1) is 21.0. The molecule has 0 saturated carbocycles. The molecule has 0 N–H and O–H groups in total. The topological polar surface area (TPSA) is 27.7 Å². The average Bonchev–Trinajstić information content (AvgIpc) is 2.98. The lowest BCUT2D eigenvalue weighted by Crippen LogP contribution is -2.28. The van der Waals surface area contributed by atoms with Crippen LogP contribution in [-0.2, 0) is 15.6 Å². The van der Waals surface area contributed by atoms with E-state index in [2.05, 4.69) is 4.74 Å². The van der Waals surface area contributed by atoms with Crippen molar-refractivity contribution in [1.29, 1.82) is 0 Å². The maximum Gasteiger partial charge on any atom is 0.432 e. The summed E-state index contributed by atoms with van der Waals surface area (Å²) in [5.74, 6) is -9.12. The molecule has 0 aromatic heterocycles. The van der Waals surface area contributed by atoms with Gasteiger partial charge in [-0.05, 0) is 65.6 Å². The van der Waals surface area contributed by atoms with E-state index in [0.717, 1.165) is 24.6 Å². The highest BCUT2D eigenvalue weighted by Gasteiger charge is 2.41. The normalized spacial score (nSPS) is 17.3. The highest BCUT2D eigenvalue weighted by Crippen LogP contribution is 2.38. The molecule has 230 valence electrons. The van der Waals surface area contributed by atoms with Crippen LogP contribution in [0.1, 0.15) is 30.8 Å². The van der Waals surface area contributed by atoms with E-state index >= 15 is 0 Å². The van der Waals surface area contributed by atoms with Crippen LogP contribution in [0, 0.1) is 40.8 Å². The van der Waals surface area contributed by atoms with Crippen molar-refractivity contribution in [3.05, 3.63) is 125 Å². The summed E-state index contributed by atoms with van der Waals surface area (Å²) in [6.07, 6.45) is -0.879. The van der Waals surface area contributed by atoms with Crippen LogP contribution in [0.5, 0.6) is 5.75 Å². The Morgan fingerprint density at radius 3 is 1.86 bits per heavy atom. The van der Waals surface area contributed by atoms with E-state index in [1.807, 2.05) is 19.1 Å². The molecule has 1 aliphatic heterocycles. The van der Waals surface area contributed by atoms with Gasteiger partial charge in [-0.1, -0.05) is 43.3 Å². The van der Waals surface area contributed by atoms with Crippen LogP contribution in [0.25, 0.3) is 22.3 Å². The van der Waals surface area contributed by atoms with Crippen LogP contribution in [0.15, 0.2) is 78.9 Å². The Morgan fingerprint density at radius 2 is 1.30 bits per heavy atom. The number of ether oxygens (including phenoxy) is 3. The monoisotopic (exact) mass is 620 g/mol. The minimum atomic E-state index is -4.41. The molecule has 1 saturated heterocycles. The molecule has 0 spiro atoms. The van der Waals surface area contributed by atoms with E-state index in [0.29, 0.717) is 29.8 Å². The van der Waals surface area contributed by atoms with E-state index < -0.39 is 58.6 Å². The molecule has 0 atom stereocenters. The second kappa shape index (κ2) is 12.8. The van der Waals surface area contributed by atoms with Gasteiger partial charge in [0.05, 0.1) is 13.2 Å². The summed E-state index contributed by atoms with van der Waals surface area (Å²) < 4.78 is 131. The first kappa shape index (κ1) is 31.2. The van der Waals surface area contributed by atoms with E-state index in [4.69, 9.17) is 9.47 Å². The number of rotatable bonds is 8. The molecule has 1 aliphatic rings. The average molecular weight is 621 g/mol. The number of allylic oxidation sites excluding steroid dienone is 1. The summed E-state index contributed by atoms with van der Waals surface area (Å²) in [6.45, 7) is 2.42. The molecule has 0 unspecified atom stereocenters. The first-order valence-electron chi connectivity index (χ1n) is 13.5. The second-order valence-corrected chi connectivity index (χ2v) is 10.0. The predicted molar refractivity (Wildman–Crippen MR) is 146 cm³/mol. The molecule has 1 heterocycles. The molecule has 44 heavy (non-hydrogen) atoms. The van der Waals surface area contributed by atoms with Crippen LogP contribution in [-0.4, -0.2) is 13.2 Å². The number of benzene rings is 4. The van der Waals surface area contributed by atoms with Crippen molar-refractivity contribution in [1.82, 2.24) is 0 Å². The molecular weight excluding hydrogens is 596 g/mol. The quantitative estimate of drug-likeness (QED) is 0.112. The molecule has 11 heteroatoms. The number of hydrogen-bond acceptors (Lipinski definition) is 3. The van der Waals surface area contributed by atoms with E-state index in [1.54, 1.807) is 0 Å². The molecular formula is C33H24F8O3. The van der Waals surface area contributed by atoms with Crippen molar-refractivity contribution in [2.45, 2.75) is 25.7 Å². The van der Waals surface area contributed by atoms with Crippen LogP contribution < -0.4 is 4.74 Å². The third-order valence-corrected chi connectivity index (χ3v) is 6.89. The van der Waals surface area contributed by atoms with Gasteiger partial charge in [-0.15, -0.1) is 0 Å². The van der Waals surface area contributed by atoms with Gasteiger partial charge in [-0.3, -0.25) is 0 Å². The van der Waals surface area contributed by atoms with Gasteiger partial charge in [-0.2, -0.15) is 8.78 Å². The van der Waals surface area contributed by atoms with Gasteiger partial charge in [0.2, 0.25) is 0 Å². The smallest absolute Gasteiger partial charge is 0.429 e. The third kappa shape index (κ3) is 6.63. The minimum Gasteiger partial charge on any atom is -0.429 e. The lowest BCUT2D eigenvalue weighted by atomic mass is 9.99. The summed E-state index contributed by atoms with van der Waals surface area (Å²) in [5, 5.41) is 0. The second-order valence-electron chi connectivity index (χ2n) is 10.0. The number of hydrogen-bond donors (Lipinski definition) is 0. The Hall–Kier alpha value is -4.22. The first-order valence-corrected chi connectivity index (χ1v) is 13.5. The fraction of sp³-hybridized carbons (Fsp3) is 0.212. The van der Waals surface area contributed by atoms with Crippen LogP contribution in [0.4, 0.5) is 35.1 Å². The van der Waals surface area contributed by atoms with Crippen LogP contribution in [0.3, 0.4) is 0 Å². The Kier molecular flexibility index (Phi) is 9.07. The van der Waals surface area contributed by atoms with Gasteiger partial charge >= 0.3 is 6.11 Å². The van der Waals surface area contributed by atoms with E-state index in [-0.39, 0.29) is 41.4 Å². The van der Waals surface area contributed by atoms with E-state index in [1.165, 1.54) is 24.3 Å². The molecule has 4 aromatic rings. The van der Waals surface area contributed by atoms with Gasteiger partial charge in [0.25, 0.3) is 0 Å². The Labute approximate surface area is 247 Å². The Bertz CT molecular complexity index is 1630. The molecule has 4 aromatic carbocycles. The zero-order valence-electron chi connectivity index (χ0n) is 23.0. The molecule has 5 rings (SSSR count). The van der Waals surface area contributed by atoms with Crippen molar-refractivity contribution in [3.8, 4) is 28.0 Å². The fourth-order valence-corrected chi connectivity index (χ4v) is 4.71. The van der Waals surface area contributed by atoms with Crippen LogP contribution in [0.2, 0.25) is 0 Å². The molecule has 0 aliphatic carbocycles. The Balaban J connectivity index is 1.30. The van der Waals surface area contributed by atoms with Crippen molar-refractivity contribution in [3.63, 3.8) is 0 Å². The molecule has 0 bridgehead atoms. The highest BCUT2D eigenvalue weighted by atomic mass is 19.3. The standard InChI is InChI=1S/C33H24F8O3/c1-2-3-4-18-16-42-32(43-17-18)22-14-26(35)30(27(36)15-22)33(40,41)44-23-8-5-19(6-9-23)20-7-10-24(25(34)11-20)21-12-28(37)31(39)29(38)13-21/h3-15,18,32H,2,16-17H2,1H3/b4-3+. The van der Waals surface area contributed by atoms with Crippen molar-refractivity contribution < 1.29 is 49.3 Å². The zero-order chi connectivity index (χ0) is 31.6. The van der Waals surface area contributed by atoms with Gasteiger partial charge in [0.1, 0.15) is 28.8 Å². The van der Waals surface area contributed by atoms with Crippen molar-refractivity contribution in [2.24, 2.45) is 5.92 Å². The number of alkyl halides is 2. The van der Waals surface area contributed by atoms with Gasteiger partial charge in [-0.25, -0.2) is 26.3 Å². The molecule has 0 amide bonds. The summed E-state index contributed by atoms with van der Waals surface area (Å²) in [6, 6.07) is 11.2. The summed E-state index contributed by atoms with van der Waals surface area (Å²) >= 11 is 0. The minimum absolute atomic E-state index is 0.0408. The van der Waals surface area contributed by atoms with Crippen molar-refractivity contribution in [2.75, 3.05) is 13.2 Å². The van der Waals surface area contributed by atoms with E-state index in [9.17, 15) is 35.1 Å². The summed E-state index contributed by atoms with van der Waals surface area (Å²) in [7, 11) is 0. The summed E-state index contributed by atoms with van der Waals surface area (Å²) in [4.78, 5) is 0. The van der Waals surface area contributed by atoms with Crippen LogP contribution >= 0.6 is 0 Å². The van der Waals surface area contributed by atoms with Gasteiger partial charge in [0, 0.05) is 17.0 Å². The van der Waals surface area contributed by atoms with Crippen molar-refractivity contribution >= 4 is 0 Å². The molecule has 0 radical (unpaired) electrons. The molecule has 3 nitrogen and oxygen atoms in total. The maximum absolute atomic E-state index is 15.0. The summed E-state index contributed by atoms with van der Waals surface area (Å²) in [5.41, 5.74) is -1.53. The maximum atomic E-state index is 15.0. The molecule has 1 fully saturated rings. The fourth-order valence-electron chi connectivity index (χ4n) is 4.71.